The number of carbonyl (C=O) groups excluding carboxylic acids is 1. The molecule has 0 aliphatic rings. The molecule has 0 saturated carbocycles. The van der Waals surface area contributed by atoms with Crippen LogP contribution in [0, 0.1) is 0 Å². The number of carbonyl (C=O) groups is 1. The molecule has 0 aliphatic heterocycles. The van der Waals surface area contributed by atoms with E-state index >= 15 is 0 Å². The molecule has 3 aromatic heterocycles. The van der Waals surface area contributed by atoms with Crippen LogP contribution in [0.4, 0.5) is 17.3 Å². The maximum absolute atomic E-state index is 12.3. The molecule has 0 atom stereocenters. The summed E-state index contributed by atoms with van der Waals surface area (Å²) in [6.45, 7) is 1.05. The maximum atomic E-state index is 12.3. The van der Waals surface area contributed by atoms with Gasteiger partial charge in [-0.1, -0.05) is 18.2 Å². The van der Waals surface area contributed by atoms with Crippen LogP contribution in [0.3, 0.4) is 0 Å². The average Bonchev–Trinajstić information content (AvgIpc) is 3.17. The first-order chi connectivity index (χ1) is 13.8. The van der Waals surface area contributed by atoms with E-state index < -0.39 is 0 Å². The van der Waals surface area contributed by atoms with E-state index in [9.17, 15) is 4.79 Å². The molecule has 1 amide bonds. The highest BCUT2D eigenvalue weighted by Gasteiger charge is 2.09. The Morgan fingerprint density at radius 2 is 1.71 bits per heavy atom. The minimum atomic E-state index is -0.0639. The lowest BCUT2D eigenvalue weighted by atomic mass is 10.2. The number of hydrogen-bond donors (Lipinski definition) is 3. The van der Waals surface area contributed by atoms with Gasteiger partial charge in [-0.15, -0.1) is 21.5 Å². The van der Waals surface area contributed by atoms with Crippen molar-refractivity contribution in [3.05, 3.63) is 71.9 Å². The lowest BCUT2D eigenvalue weighted by Crippen LogP contribution is -2.28. The van der Waals surface area contributed by atoms with Gasteiger partial charge < -0.3 is 16.0 Å². The van der Waals surface area contributed by atoms with Gasteiger partial charge >= 0.3 is 0 Å². The highest BCUT2D eigenvalue weighted by Crippen LogP contribution is 2.24. The van der Waals surface area contributed by atoms with Gasteiger partial charge in [-0.2, -0.15) is 0 Å². The summed E-state index contributed by atoms with van der Waals surface area (Å²) in [4.78, 5) is 17.0. The van der Waals surface area contributed by atoms with Gasteiger partial charge in [0.05, 0.1) is 4.88 Å². The number of amides is 1. The molecule has 1 aromatic carbocycles. The van der Waals surface area contributed by atoms with Crippen LogP contribution in [0.25, 0.3) is 10.1 Å². The number of nitrogens with zero attached hydrogens (tertiary/aromatic N) is 3. The van der Waals surface area contributed by atoms with E-state index in [0.717, 1.165) is 15.8 Å². The SMILES string of the molecule is O=C(NCCNc1ccc(Nc2ccncc2)nn1)c1cc2ccccc2s1. The molecule has 0 fully saturated rings. The molecule has 0 spiro atoms. The molecule has 0 radical (unpaired) electrons. The van der Waals surface area contributed by atoms with Crippen molar-refractivity contribution in [2.75, 3.05) is 23.7 Å². The van der Waals surface area contributed by atoms with Crippen LogP contribution in [0.15, 0.2) is 67.0 Å². The largest absolute Gasteiger partial charge is 0.367 e. The number of rotatable bonds is 7. The average molecular weight is 390 g/mol. The molecule has 3 heterocycles. The highest BCUT2D eigenvalue weighted by atomic mass is 32.1. The monoisotopic (exact) mass is 390 g/mol. The Morgan fingerprint density at radius 1 is 0.929 bits per heavy atom. The van der Waals surface area contributed by atoms with E-state index in [0.29, 0.717) is 29.6 Å². The number of benzene rings is 1. The Morgan fingerprint density at radius 3 is 2.50 bits per heavy atom. The summed E-state index contributed by atoms with van der Waals surface area (Å²) >= 11 is 1.50. The predicted molar refractivity (Wildman–Crippen MR) is 112 cm³/mol. The summed E-state index contributed by atoms with van der Waals surface area (Å²) < 4.78 is 1.11. The summed E-state index contributed by atoms with van der Waals surface area (Å²) in [6.07, 6.45) is 3.41. The Bertz CT molecular complexity index is 1030. The minimum Gasteiger partial charge on any atom is -0.367 e. The Hall–Kier alpha value is -3.52. The van der Waals surface area contributed by atoms with Gasteiger partial charge in [-0.25, -0.2) is 0 Å². The first kappa shape index (κ1) is 17.9. The minimum absolute atomic E-state index is 0.0639. The van der Waals surface area contributed by atoms with E-state index in [2.05, 4.69) is 31.1 Å². The Balaban J connectivity index is 1.24. The second kappa shape index (κ2) is 8.45. The van der Waals surface area contributed by atoms with Crippen molar-refractivity contribution in [1.82, 2.24) is 20.5 Å². The third-order valence-corrected chi connectivity index (χ3v) is 5.10. The van der Waals surface area contributed by atoms with Gasteiger partial charge in [0, 0.05) is 35.9 Å². The lowest BCUT2D eigenvalue weighted by Gasteiger charge is -2.08. The topological polar surface area (TPSA) is 91.8 Å². The van der Waals surface area contributed by atoms with Crippen molar-refractivity contribution in [1.29, 1.82) is 0 Å². The molecule has 8 heteroatoms. The van der Waals surface area contributed by atoms with Crippen molar-refractivity contribution < 1.29 is 4.79 Å². The molecule has 140 valence electrons. The number of pyridine rings is 1. The predicted octanol–water partition coefficient (Wildman–Crippen LogP) is 3.67. The standard InChI is InChI=1S/C20H18N6OS/c27-20(17-13-14-3-1-2-4-16(14)28-17)23-12-11-22-18-5-6-19(26-25-18)24-15-7-9-21-10-8-15/h1-10,13H,11-12H2,(H,22,25)(H,23,27)(H,21,24,26). The third-order valence-electron chi connectivity index (χ3n) is 3.98. The summed E-state index contributed by atoms with van der Waals surface area (Å²) in [5.41, 5.74) is 0.897. The van der Waals surface area contributed by atoms with Gasteiger partial charge in [-0.3, -0.25) is 9.78 Å². The first-order valence-electron chi connectivity index (χ1n) is 8.79. The van der Waals surface area contributed by atoms with E-state index in [-0.39, 0.29) is 5.91 Å². The van der Waals surface area contributed by atoms with Gasteiger partial charge in [0.15, 0.2) is 5.82 Å². The molecule has 4 rings (SSSR count). The molecule has 7 nitrogen and oxygen atoms in total. The summed E-state index contributed by atoms with van der Waals surface area (Å²) in [6, 6.07) is 17.3. The normalized spacial score (nSPS) is 10.6. The number of fused-ring (bicyclic) bond motifs is 1. The van der Waals surface area contributed by atoms with Crippen molar-refractivity contribution in [3.8, 4) is 0 Å². The zero-order valence-corrected chi connectivity index (χ0v) is 15.7. The van der Waals surface area contributed by atoms with Crippen LogP contribution in [0.1, 0.15) is 9.67 Å². The zero-order chi connectivity index (χ0) is 19.2. The lowest BCUT2D eigenvalue weighted by molar-refractivity contribution is 0.0959. The highest BCUT2D eigenvalue weighted by molar-refractivity contribution is 7.20. The van der Waals surface area contributed by atoms with Crippen molar-refractivity contribution in [2.24, 2.45) is 0 Å². The quantitative estimate of drug-likeness (QED) is 0.417. The van der Waals surface area contributed by atoms with Gasteiger partial charge in [0.25, 0.3) is 5.91 Å². The fourth-order valence-electron chi connectivity index (χ4n) is 2.62. The number of hydrogen-bond acceptors (Lipinski definition) is 7. The van der Waals surface area contributed by atoms with E-state index in [1.54, 1.807) is 12.4 Å². The van der Waals surface area contributed by atoms with Crippen LogP contribution in [-0.4, -0.2) is 34.2 Å². The first-order valence-corrected chi connectivity index (χ1v) is 9.61. The van der Waals surface area contributed by atoms with Crippen LogP contribution in [0.5, 0.6) is 0 Å². The van der Waals surface area contributed by atoms with Crippen molar-refractivity contribution in [2.45, 2.75) is 0 Å². The smallest absolute Gasteiger partial charge is 0.261 e. The van der Waals surface area contributed by atoms with Gasteiger partial charge in [0.1, 0.15) is 5.82 Å². The third kappa shape index (κ3) is 4.41. The van der Waals surface area contributed by atoms with Crippen LogP contribution in [0.2, 0.25) is 0 Å². The van der Waals surface area contributed by atoms with E-state index in [4.69, 9.17) is 0 Å². The van der Waals surface area contributed by atoms with E-state index in [1.807, 2.05) is 54.6 Å². The van der Waals surface area contributed by atoms with Crippen LogP contribution >= 0.6 is 11.3 Å². The van der Waals surface area contributed by atoms with E-state index in [1.165, 1.54) is 11.3 Å². The van der Waals surface area contributed by atoms with Crippen LogP contribution < -0.4 is 16.0 Å². The van der Waals surface area contributed by atoms with Crippen molar-refractivity contribution in [3.63, 3.8) is 0 Å². The second-order valence-electron chi connectivity index (χ2n) is 6.00. The molecule has 0 aliphatic carbocycles. The number of nitrogens with one attached hydrogen (secondary N) is 3. The Labute approximate surface area is 165 Å². The zero-order valence-electron chi connectivity index (χ0n) is 14.9. The summed E-state index contributed by atoms with van der Waals surface area (Å²) in [5.74, 6) is 1.23. The number of aromatic nitrogens is 3. The Kier molecular flexibility index (Phi) is 5.39. The summed E-state index contributed by atoms with van der Waals surface area (Å²) in [7, 11) is 0. The van der Waals surface area contributed by atoms with Gasteiger partial charge in [-0.05, 0) is 41.8 Å². The second-order valence-corrected chi connectivity index (χ2v) is 7.08. The van der Waals surface area contributed by atoms with Crippen LogP contribution in [-0.2, 0) is 0 Å². The molecular formula is C20H18N6OS. The number of anilines is 3. The molecule has 3 N–H and O–H groups in total. The molecule has 0 saturated heterocycles. The fourth-order valence-corrected chi connectivity index (χ4v) is 3.60. The molecule has 0 bridgehead atoms. The maximum Gasteiger partial charge on any atom is 0.261 e. The molecule has 0 unspecified atom stereocenters. The molecular weight excluding hydrogens is 372 g/mol. The molecule has 4 aromatic rings. The molecule has 28 heavy (non-hydrogen) atoms. The fraction of sp³-hybridized carbons (Fsp3) is 0.100. The summed E-state index contributed by atoms with van der Waals surface area (Å²) in [5, 5.41) is 18.6. The van der Waals surface area contributed by atoms with Crippen molar-refractivity contribution >= 4 is 44.7 Å². The van der Waals surface area contributed by atoms with Gasteiger partial charge in [0.2, 0.25) is 0 Å². The number of thiophene rings is 1.